The second kappa shape index (κ2) is 17.3. The van der Waals surface area contributed by atoms with Gasteiger partial charge in [-0.2, -0.15) is 0 Å². The van der Waals surface area contributed by atoms with Crippen molar-refractivity contribution in [3.8, 4) is 0 Å². The number of carbonyl (C=O) groups excluding carboxylic acids is 4. The molecule has 0 unspecified atom stereocenters. The summed E-state index contributed by atoms with van der Waals surface area (Å²) in [6.07, 6.45) is 4.25. The second-order valence-corrected chi connectivity index (χ2v) is 14.4. The summed E-state index contributed by atoms with van der Waals surface area (Å²) in [4.78, 5) is 62.3. The lowest BCUT2D eigenvalue weighted by atomic mass is 9.70. The first-order chi connectivity index (χ1) is 24.6. The van der Waals surface area contributed by atoms with Gasteiger partial charge < -0.3 is 34.4 Å². The van der Waals surface area contributed by atoms with Crippen LogP contribution in [0.2, 0.25) is 0 Å². The molecule has 12 heteroatoms. The predicted octanol–water partition coefficient (Wildman–Crippen LogP) is 2.87. The van der Waals surface area contributed by atoms with Crippen LogP contribution >= 0.6 is 0 Å². The molecule has 2 N–H and O–H groups in total. The Labute approximate surface area is 302 Å². The lowest BCUT2D eigenvalue weighted by Crippen LogP contribution is -2.60. The Morgan fingerprint density at radius 1 is 1.16 bits per heavy atom. The summed E-state index contributed by atoms with van der Waals surface area (Å²) in [7, 11) is 0. The molecular weight excluding hydrogens is 652 g/mol. The second-order valence-electron chi connectivity index (χ2n) is 14.4. The monoisotopic (exact) mass is 708 g/mol. The van der Waals surface area contributed by atoms with Crippen molar-refractivity contribution in [2.75, 3.05) is 52.5 Å². The summed E-state index contributed by atoms with van der Waals surface area (Å²) >= 11 is 0. The number of hydrogen-bond acceptors (Lipinski definition) is 9. The zero-order valence-corrected chi connectivity index (χ0v) is 30.4. The fourth-order valence-corrected chi connectivity index (χ4v) is 8.46. The SMILES string of the molecule is C=CCCC(=O)N[C@H](C)[C@@H](OC(=O)[C@@H]1[C@@H]2CC[C@]3(O2)[C@H](C(=O)N(CC=C)CCN2CCOCC2)N([C@@H](CO)[C@@H](C)CC)C(=O)[C@@H]13)c1ccccc1. The molecule has 12 nitrogen and oxygen atoms in total. The van der Waals surface area contributed by atoms with E-state index >= 15 is 0 Å². The van der Waals surface area contributed by atoms with Crippen LogP contribution in [0.25, 0.3) is 0 Å². The van der Waals surface area contributed by atoms with Crippen LogP contribution in [-0.2, 0) is 33.4 Å². The number of aliphatic hydroxyl groups is 1. The Morgan fingerprint density at radius 3 is 2.53 bits per heavy atom. The first-order valence-electron chi connectivity index (χ1n) is 18.6. The van der Waals surface area contributed by atoms with E-state index < -0.39 is 53.7 Å². The quantitative estimate of drug-likeness (QED) is 0.174. The van der Waals surface area contributed by atoms with Gasteiger partial charge in [0, 0.05) is 39.1 Å². The Balaban J connectivity index is 1.46. The molecule has 5 rings (SSSR count). The topological polar surface area (TPSA) is 138 Å². The molecule has 4 aliphatic heterocycles. The molecule has 9 atom stereocenters. The first-order valence-corrected chi connectivity index (χ1v) is 18.6. The van der Waals surface area contributed by atoms with Gasteiger partial charge in [0.2, 0.25) is 17.7 Å². The van der Waals surface area contributed by atoms with Crippen molar-refractivity contribution in [3.63, 3.8) is 0 Å². The molecule has 0 radical (unpaired) electrons. The summed E-state index contributed by atoms with van der Waals surface area (Å²) in [6, 6.07) is 6.96. The highest BCUT2D eigenvalue weighted by atomic mass is 16.6. The molecule has 4 aliphatic rings. The van der Waals surface area contributed by atoms with E-state index in [4.69, 9.17) is 14.2 Å². The van der Waals surface area contributed by atoms with Gasteiger partial charge in [-0.3, -0.25) is 24.1 Å². The van der Waals surface area contributed by atoms with Gasteiger partial charge in [0.25, 0.3) is 0 Å². The first kappa shape index (κ1) is 38.6. The summed E-state index contributed by atoms with van der Waals surface area (Å²) in [6.45, 7) is 17.1. The van der Waals surface area contributed by atoms with Crippen LogP contribution in [0, 0.1) is 17.8 Å². The molecule has 51 heavy (non-hydrogen) atoms. The minimum Gasteiger partial charge on any atom is -0.455 e. The number of hydrogen-bond donors (Lipinski definition) is 2. The number of amides is 3. The summed E-state index contributed by atoms with van der Waals surface area (Å²) in [5.74, 6) is -3.48. The highest BCUT2D eigenvalue weighted by Gasteiger charge is 2.76. The van der Waals surface area contributed by atoms with Gasteiger partial charge >= 0.3 is 5.97 Å². The third-order valence-electron chi connectivity index (χ3n) is 11.3. The summed E-state index contributed by atoms with van der Waals surface area (Å²) in [5, 5.41) is 13.7. The van der Waals surface area contributed by atoms with Crippen molar-refractivity contribution < 1.29 is 38.5 Å². The van der Waals surface area contributed by atoms with E-state index in [-0.39, 0.29) is 43.2 Å². The van der Waals surface area contributed by atoms with Gasteiger partial charge in [0.15, 0.2) is 0 Å². The molecule has 2 bridgehead atoms. The predicted molar refractivity (Wildman–Crippen MR) is 191 cm³/mol. The maximum Gasteiger partial charge on any atom is 0.313 e. The smallest absolute Gasteiger partial charge is 0.313 e. The number of aliphatic hydroxyl groups excluding tert-OH is 1. The molecule has 4 heterocycles. The van der Waals surface area contributed by atoms with Gasteiger partial charge in [-0.1, -0.05) is 62.8 Å². The third-order valence-corrected chi connectivity index (χ3v) is 11.3. The van der Waals surface area contributed by atoms with Gasteiger partial charge in [-0.15, -0.1) is 13.2 Å². The summed E-state index contributed by atoms with van der Waals surface area (Å²) < 4.78 is 18.5. The number of esters is 1. The Kier molecular flexibility index (Phi) is 13.1. The molecule has 3 amide bonds. The molecule has 280 valence electrons. The Bertz CT molecular complexity index is 1400. The molecule has 1 aromatic rings. The number of fused-ring (bicyclic) bond motifs is 1. The number of carbonyl (C=O) groups is 4. The van der Waals surface area contributed by atoms with E-state index in [1.807, 2.05) is 44.2 Å². The maximum atomic E-state index is 14.8. The molecule has 4 saturated heterocycles. The fraction of sp³-hybridized carbons (Fsp3) is 0.641. The minimum absolute atomic E-state index is 0.124. The van der Waals surface area contributed by atoms with Crippen LogP contribution in [0.3, 0.4) is 0 Å². The Morgan fingerprint density at radius 2 is 1.88 bits per heavy atom. The van der Waals surface area contributed by atoms with Crippen LogP contribution in [-0.4, -0.2) is 126 Å². The van der Waals surface area contributed by atoms with Crippen LogP contribution < -0.4 is 5.32 Å². The molecular formula is C39H56N4O8. The van der Waals surface area contributed by atoms with E-state index in [9.17, 15) is 24.3 Å². The van der Waals surface area contributed by atoms with Crippen molar-refractivity contribution in [1.82, 2.24) is 20.0 Å². The van der Waals surface area contributed by atoms with Crippen molar-refractivity contribution in [1.29, 1.82) is 0 Å². The number of rotatable bonds is 18. The van der Waals surface area contributed by atoms with E-state index in [1.54, 1.807) is 28.9 Å². The van der Waals surface area contributed by atoms with Crippen molar-refractivity contribution in [2.24, 2.45) is 17.8 Å². The van der Waals surface area contributed by atoms with Crippen molar-refractivity contribution >= 4 is 23.7 Å². The number of likely N-dealkylation sites (tertiary alicyclic amines) is 1. The fourth-order valence-electron chi connectivity index (χ4n) is 8.46. The largest absolute Gasteiger partial charge is 0.455 e. The van der Waals surface area contributed by atoms with Gasteiger partial charge in [0.1, 0.15) is 17.7 Å². The van der Waals surface area contributed by atoms with E-state index in [1.165, 1.54) is 0 Å². The number of benzene rings is 1. The molecule has 1 spiro atoms. The zero-order chi connectivity index (χ0) is 36.7. The number of morpholine rings is 1. The number of ether oxygens (including phenoxy) is 3. The van der Waals surface area contributed by atoms with Gasteiger partial charge in [-0.25, -0.2) is 0 Å². The number of nitrogens with zero attached hydrogens (tertiary/aromatic N) is 3. The third kappa shape index (κ3) is 7.94. The average Bonchev–Trinajstić information content (AvgIpc) is 3.79. The molecule has 0 aromatic heterocycles. The number of allylic oxidation sites excluding steroid dienone is 1. The van der Waals surface area contributed by atoms with E-state index in [0.717, 1.165) is 13.1 Å². The Hall–Kier alpha value is -3.58. The molecule has 1 aromatic carbocycles. The highest BCUT2D eigenvalue weighted by Crippen LogP contribution is 2.59. The highest BCUT2D eigenvalue weighted by molar-refractivity contribution is 5.98. The average molecular weight is 709 g/mol. The van der Waals surface area contributed by atoms with E-state index in [0.29, 0.717) is 57.6 Å². The lowest BCUT2D eigenvalue weighted by Gasteiger charge is -2.41. The van der Waals surface area contributed by atoms with Crippen LogP contribution in [0.15, 0.2) is 55.6 Å². The number of nitrogens with one attached hydrogen (secondary N) is 1. The molecule has 0 aliphatic carbocycles. The van der Waals surface area contributed by atoms with Crippen LogP contribution in [0.4, 0.5) is 0 Å². The normalized spacial score (nSPS) is 28.0. The maximum absolute atomic E-state index is 14.8. The summed E-state index contributed by atoms with van der Waals surface area (Å²) in [5.41, 5.74) is -0.555. The van der Waals surface area contributed by atoms with Crippen molar-refractivity contribution in [3.05, 3.63) is 61.2 Å². The van der Waals surface area contributed by atoms with Gasteiger partial charge in [-0.05, 0) is 37.7 Å². The van der Waals surface area contributed by atoms with Crippen LogP contribution in [0.5, 0.6) is 0 Å². The minimum atomic E-state index is -1.26. The van der Waals surface area contributed by atoms with Gasteiger partial charge in [0.05, 0.1) is 49.8 Å². The zero-order valence-electron chi connectivity index (χ0n) is 30.4. The molecule has 4 fully saturated rings. The van der Waals surface area contributed by atoms with E-state index in [2.05, 4.69) is 23.4 Å². The van der Waals surface area contributed by atoms with Crippen LogP contribution in [0.1, 0.15) is 64.5 Å². The van der Waals surface area contributed by atoms with Crippen molar-refractivity contribution in [2.45, 2.75) is 88.8 Å². The molecule has 0 saturated carbocycles. The standard InChI is InChI=1S/C39H56N4O8/c1-6-9-15-31(45)40-27(5)34(28-13-11-10-12-14-28)50-38(48)32-30-16-17-39(51-30)33(32)36(46)43(29(25-44)26(4)8-3)35(39)37(47)42(18-7-2)20-19-41-21-23-49-24-22-41/h6-7,10-14,26-27,29-30,32-35,44H,1-2,8-9,15-25H2,3-5H3,(H,40,45)/t26-,27+,29-,30-,32+,33+,34+,35-,39+/m0/s1. The lowest BCUT2D eigenvalue weighted by molar-refractivity contribution is -0.163.